The lowest BCUT2D eigenvalue weighted by Gasteiger charge is -2.30. The highest BCUT2D eigenvalue weighted by Gasteiger charge is 2.29. The highest BCUT2D eigenvalue weighted by atomic mass is 16.5. The summed E-state index contributed by atoms with van der Waals surface area (Å²) in [6.45, 7) is 2.09. The first-order valence-electron chi connectivity index (χ1n) is 11.0. The number of rotatable bonds is 9. The summed E-state index contributed by atoms with van der Waals surface area (Å²) in [5.41, 5.74) is 2.92. The number of benzene rings is 2. The third kappa shape index (κ3) is 5.20. The number of methoxy groups -OCH3 is 1. The number of nitrogens with zero attached hydrogens (tertiary/aromatic N) is 5. The van der Waals surface area contributed by atoms with Crippen LogP contribution >= 0.6 is 0 Å². The summed E-state index contributed by atoms with van der Waals surface area (Å²) in [4.78, 5) is 32.5. The molecule has 9 nitrogen and oxygen atoms in total. The number of carbonyl (C=O) groups excluding carboxylic acids is 2. The number of para-hydroxylation sites is 1. The lowest BCUT2D eigenvalue weighted by molar-refractivity contribution is -0.140. The van der Waals surface area contributed by atoms with Crippen molar-refractivity contribution < 1.29 is 14.3 Å². The van der Waals surface area contributed by atoms with E-state index in [0.717, 1.165) is 11.1 Å². The molecule has 1 unspecified atom stereocenters. The molecule has 0 radical (unpaired) electrons. The lowest BCUT2D eigenvalue weighted by atomic mass is 10.1. The number of ether oxygens (including phenoxy) is 1. The summed E-state index contributed by atoms with van der Waals surface area (Å²) in [5, 5.41) is 11.2. The Hall–Kier alpha value is -4.27. The fraction of sp³-hybridized carbons (Fsp3) is 0.240. The Kier molecular flexibility index (Phi) is 7.12. The molecule has 9 heteroatoms. The Morgan fingerprint density at radius 2 is 1.88 bits per heavy atom. The Morgan fingerprint density at radius 3 is 2.59 bits per heavy atom. The molecule has 2 aromatic carbocycles. The minimum Gasteiger partial charge on any atom is -0.497 e. The zero-order chi connectivity index (χ0) is 23.9. The molecule has 1 N–H and O–H groups in total. The largest absolute Gasteiger partial charge is 0.497 e. The van der Waals surface area contributed by atoms with Crippen molar-refractivity contribution in [2.45, 2.75) is 32.5 Å². The van der Waals surface area contributed by atoms with Gasteiger partial charge in [-0.05, 0) is 54.4 Å². The molecule has 0 aliphatic heterocycles. The molecular weight excluding hydrogens is 432 g/mol. The molecule has 0 aliphatic rings. The van der Waals surface area contributed by atoms with Crippen LogP contribution in [0.1, 0.15) is 18.9 Å². The van der Waals surface area contributed by atoms with Crippen molar-refractivity contribution in [1.82, 2.24) is 24.9 Å². The lowest BCUT2D eigenvalue weighted by Crippen LogP contribution is -2.47. The van der Waals surface area contributed by atoms with Gasteiger partial charge in [-0.15, -0.1) is 5.10 Å². The zero-order valence-corrected chi connectivity index (χ0v) is 19.1. The molecule has 0 aliphatic carbocycles. The number of anilines is 1. The van der Waals surface area contributed by atoms with E-state index in [1.165, 1.54) is 0 Å². The van der Waals surface area contributed by atoms with Crippen molar-refractivity contribution in [3.63, 3.8) is 0 Å². The van der Waals surface area contributed by atoms with Crippen LogP contribution in [-0.2, 0) is 22.7 Å². The van der Waals surface area contributed by atoms with Crippen LogP contribution in [0.3, 0.4) is 0 Å². The number of hydrogen-bond donors (Lipinski definition) is 1. The third-order valence-corrected chi connectivity index (χ3v) is 5.52. The predicted octanol–water partition coefficient (Wildman–Crippen LogP) is 3.28. The van der Waals surface area contributed by atoms with Gasteiger partial charge in [0.1, 0.15) is 23.9 Å². The van der Waals surface area contributed by atoms with Crippen molar-refractivity contribution >= 4 is 28.5 Å². The molecule has 2 heterocycles. The van der Waals surface area contributed by atoms with E-state index < -0.39 is 6.04 Å². The van der Waals surface area contributed by atoms with Gasteiger partial charge in [0.05, 0.1) is 12.6 Å². The van der Waals surface area contributed by atoms with Crippen LogP contribution in [0, 0.1) is 0 Å². The van der Waals surface area contributed by atoms with Crippen molar-refractivity contribution in [2.24, 2.45) is 0 Å². The second-order valence-corrected chi connectivity index (χ2v) is 7.76. The molecular formula is C25H26N6O3. The standard InChI is InChI=1S/C25H26N6O3/c1-3-22(25(33)27-19-10-12-20(34-2)13-11-19)30(16-18-7-6-14-26-15-18)24(32)17-31-23-9-5-4-8-21(23)28-29-31/h4-15,22H,3,16-17H2,1-2H3,(H,27,33). The fourth-order valence-corrected chi connectivity index (χ4v) is 3.76. The SMILES string of the molecule is CCC(C(=O)Nc1ccc(OC)cc1)N(Cc1cccnc1)C(=O)Cn1nnc2ccccc21. The topological polar surface area (TPSA) is 102 Å². The van der Waals surface area contributed by atoms with Crippen LogP contribution in [0.2, 0.25) is 0 Å². The summed E-state index contributed by atoms with van der Waals surface area (Å²) in [6.07, 6.45) is 3.80. The second kappa shape index (κ2) is 10.6. The Morgan fingerprint density at radius 1 is 1.09 bits per heavy atom. The maximum atomic E-state index is 13.5. The first kappa shape index (κ1) is 22.9. The summed E-state index contributed by atoms with van der Waals surface area (Å²) in [7, 11) is 1.58. The van der Waals surface area contributed by atoms with E-state index in [1.54, 1.807) is 59.4 Å². The summed E-state index contributed by atoms with van der Waals surface area (Å²) in [5.74, 6) is 0.183. The quantitative estimate of drug-likeness (QED) is 0.413. The summed E-state index contributed by atoms with van der Waals surface area (Å²) < 4.78 is 6.73. The van der Waals surface area contributed by atoms with Gasteiger partial charge < -0.3 is 15.0 Å². The van der Waals surface area contributed by atoms with Gasteiger partial charge in [0.2, 0.25) is 11.8 Å². The smallest absolute Gasteiger partial charge is 0.247 e. The molecule has 0 spiro atoms. The number of pyridine rings is 1. The number of aromatic nitrogens is 4. The molecule has 0 bridgehead atoms. The number of fused-ring (bicyclic) bond motifs is 1. The molecule has 174 valence electrons. The average molecular weight is 459 g/mol. The first-order valence-corrected chi connectivity index (χ1v) is 11.0. The van der Waals surface area contributed by atoms with Gasteiger partial charge in [-0.1, -0.05) is 30.3 Å². The van der Waals surface area contributed by atoms with Crippen molar-refractivity contribution in [3.8, 4) is 5.75 Å². The maximum absolute atomic E-state index is 13.5. The van der Waals surface area contributed by atoms with Crippen LogP contribution in [0.4, 0.5) is 5.69 Å². The van der Waals surface area contributed by atoms with Gasteiger partial charge in [-0.25, -0.2) is 4.68 Å². The van der Waals surface area contributed by atoms with Gasteiger partial charge in [-0.2, -0.15) is 0 Å². The molecule has 4 aromatic rings. The monoisotopic (exact) mass is 458 g/mol. The van der Waals surface area contributed by atoms with E-state index >= 15 is 0 Å². The summed E-state index contributed by atoms with van der Waals surface area (Å²) >= 11 is 0. The Labute approximate surface area is 197 Å². The third-order valence-electron chi connectivity index (χ3n) is 5.52. The zero-order valence-electron chi connectivity index (χ0n) is 19.1. The molecule has 0 saturated carbocycles. The van der Waals surface area contributed by atoms with Crippen molar-refractivity contribution in [2.75, 3.05) is 12.4 Å². The van der Waals surface area contributed by atoms with E-state index in [0.29, 0.717) is 23.4 Å². The van der Waals surface area contributed by atoms with E-state index in [4.69, 9.17) is 4.74 Å². The second-order valence-electron chi connectivity index (χ2n) is 7.76. The number of hydrogen-bond acceptors (Lipinski definition) is 6. The minimum absolute atomic E-state index is 0.0346. The van der Waals surface area contributed by atoms with Crippen LogP contribution < -0.4 is 10.1 Å². The number of amides is 2. The van der Waals surface area contributed by atoms with Gasteiger partial charge in [0.25, 0.3) is 0 Å². The Balaban J connectivity index is 1.58. The van der Waals surface area contributed by atoms with E-state index in [2.05, 4.69) is 20.6 Å². The normalized spacial score (nSPS) is 11.7. The van der Waals surface area contributed by atoms with E-state index in [1.807, 2.05) is 37.3 Å². The molecule has 1 atom stereocenters. The summed E-state index contributed by atoms with van der Waals surface area (Å²) in [6, 6.07) is 17.5. The molecule has 34 heavy (non-hydrogen) atoms. The van der Waals surface area contributed by atoms with Crippen LogP contribution in [0.25, 0.3) is 11.0 Å². The van der Waals surface area contributed by atoms with Crippen molar-refractivity contribution in [3.05, 3.63) is 78.6 Å². The minimum atomic E-state index is -0.690. The average Bonchev–Trinajstić information content (AvgIpc) is 3.27. The molecule has 2 amide bonds. The van der Waals surface area contributed by atoms with Crippen LogP contribution in [0.5, 0.6) is 5.75 Å². The highest BCUT2D eigenvalue weighted by molar-refractivity contribution is 5.97. The van der Waals surface area contributed by atoms with Gasteiger partial charge >= 0.3 is 0 Å². The van der Waals surface area contributed by atoms with E-state index in [-0.39, 0.29) is 24.9 Å². The van der Waals surface area contributed by atoms with Crippen molar-refractivity contribution in [1.29, 1.82) is 0 Å². The van der Waals surface area contributed by atoms with Crippen LogP contribution in [-0.4, -0.2) is 49.8 Å². The number of nitrogens with one attached hydrogen (secondary N) is 1. The molecule has 4 rings (SSSR count). The molecule has 0 saturated heterocycles. The van der Waals surface area contributed by atoms with Crippen LogP contribution in [0.15, 0.2) is 73.1 Å². The number of carbonyl (C=O) groups is 2. The van der Waals surface area contributed by atoms with Gasteiger partial charge in [-0.3, -0.25) is 14.6 Å². The molecule has 0 fully saturated rings. The Bertz CT molecular complexity index is 1260. The van der Waals surface area contributed by atoms with Gasteiger partial charge in [0, 0.05) is 24.6 Å². The highest BCUT2D eigenvalue weighted by Crippen LogP contribution is 2.19. The maximum Gasteiger partial charge on any atom is 0.247 e. The molecule has 2 aromatic heterocycles. The van der Waals surface area contributed by atoms with Gasteiger partial charge in [0.15, 0.2) is 0 Å². The first-order chi connectivity index (χ1) is 16.6. The fourth-order valence-electron chi connectivity index (χ4n) is 3.76. The van der Waals surface area contributed by atoms with E-state index in [9.17, 15) is 9.59 Å². The predicted molar refractivity (Wildman–Crippen MR) is 128 cm³/mol.